The van der Waals surface area contributed by atoms with Crippen LogP contribution in [0, 0.1) is 5.92 Å². The molecule has 0 saturated heterocycles. The summed E-state index contributed by atoms with van der Waals surface area (Å²) in [5.41, 5.74) is 2.75. The molecule has 2 aromatic rings. The number of rotatable bonds is 20. The van der Waals surface area contributed by atoms with Crippen LogP contribution >= 0.6 is 7.60 Å². The normalized spacial score (nSPS) is 13.0. The van der Waals surface area contributed by atoms with E-state index < -0.39 is 44.0 Å². The Morgan fingerprint density at radius 3 is 2.09 bits per heavy atom. The number of carbonyl (C=O) groups is 3. The number of hydrogen-bond acceptors (Lipinski definition) is 7. The molecule has 11 heteroatoms. The molecule has 3 N–H and O–H groups in total. The highest BCUT2D eigenvalue weighted by molar-refractivity contribution is 7.51. The van der Waals surface area contributed by atoms with Crippen molar-refractivity contribution in [2.75, 3.05) is 19.4 Å². The van der Waals surface area contributed by atoms with E-state index in [0.717, 1.165) is 42.4 Å². The second kappa shape index (κ2) is 19.4. The molecule has 0 spiro atoms. The van der Waals surface area contributed by atoms with Crippen molar-refractivity contribution in [2.45, 2.75) is 91.3 Å². The number of carbonyl (C=O) groups excluding carboxylic acids is 3. The first-order valence-electron chi connectivity index (χ1n) is 15.5. The highest BCUT2D eigenvalue weighted by Crippen LogP contribution is 2.38. The zero-order valence-electron chi connectivity index (χ0n) is 26.4. The third-order valence-corrected chi connectivity index (χ3v) is 7.80. The highest BCUT2D eigenvalue weighted by atomic mass is 31.2. The number of amides is 1. The lowest BCUT2D eigenvalue weighted by molar-refractivity contribution is -0.169. The summed E-state index contributed by atoms with van der Waals surface area (Å²) >= 11 is 0. The second-order valence-electron chi connectivity index (χ2n) is 11.2. The fourth-order valence-electron chi connectivity index (χ4n) is 4.91. The Balaban J connectivity index is 2.37. The maximum absolute atomic E-state index is 13.7. The molecule has 0 aliphatic rings. The molecule has 1 amide bonds. The monoisotopic (exact) mass is 632 g/mol. The van der Waals surface area contributed by atoms with Crippen molar-refractivity contribution in [3.63, 3.8) is 0 Å². The first kappa shape index (κ1) is 37.1. The summed E-state index contributed by atoms with van der Waals surface area (Å²) in [6.45, 7) is 7.54. The molecule has 10 nitrogen and oxygen atoms in total. The van der Waals surface area contributed by atoms with Crippen LogP contribution in [0.2, 0.25) is 0 Å². The van der Waals surface area contributed by atoms with Crippen LogP contribution in [0.25, 0.3) is 11.1 Å². The molecule has 44 heavy (non-hydrogen) atoms. The van der Waals surface area contributed by atoms with Crippen LogP contribution in [-0.2, 0) is 34.8 Å². The van der Waals surface area contributed by atoms with E-state index >= 15 is 0 Å². The molecule has 0 aliphatic heterocycles. The average molecular weight is 633 g/mol. The Bertz CT molecular complexity index is 1200. The summed E-state index contributed by atoms with van der Waals surface area (Å²) in [4.78, 5) is 59.9. The summed E-state index contributed by atoms with van der Waals surface area (Å²) in [5, 5.41) is 2.72. The quantitative estimate of drug-likeness (QED) is 0.0730. The zero-order chi connectivity index (χ0) is 32.5. The van der Waals surface area contributed by atoms with E-state index in [1.54, 1.807) is 20.8 Å². The van der Waals surface area contributed by atoms with Crippen LogP contribution in [0.1, 0.15) is 78.2 Å². The molecule has 244 valence electrons. The van der Waals surface area contributed by atoms with E-state index in [9.17, 15) is 28.7 Å². The van der Waals surface area contributed by atoms with E-state index in [1.165, 1.54) is 4.90 Å². The van der Waals surface area contributed by atoms with Gasteiger partial charge < -0.3 is 24.6 Å². The van der Waals surface area contributed by atoms with Gasteiger partial charge in [0.1, 0.15) is 6.29 Å². The van der Waals surface area contributed by atoms with Gasteiger partial charge in [0.15, 0.2) is 6.23 Å². The zero-order valence-corrected chi connectivity index (χ0v) is 27.3. The molecule has 2 aromatic carbocycles. The molecular formula is C33H49N2O8P. The first-order valence-corrected chi connectivity index (χ1v) is 17.3. The van der Waals surface area contributed by atoms with E-state index in [1.807, 2.05) is 54.6 Å². The number of nitrogens with zero attached hydrogens (tertiary/aromatic N) is 1. The third kappa shape index (κ3) is 13.7. The van der Waals surface area contributed by atoms with Crippen LogP contribution in [0.15, 0.2) is 54.6 Å². The summed E-state index contributed by atoms with van der Waals surface area (Å²) in [7, 11) is -4.71. The molecule has 0 fully saturated rings. The van der Waals surface area contributed by atoms with Gasteiger partial charge in [-0.3, -0.25) is 18.9 Å². The molecule has 2 rings (SSSR count). The standard InChI is InChI=1S/C33H49N2O8P/c1-5-7-8-9-13-16-31(37)43-33(25(3)4)35(24-44(39,40)41)29(32(38)34-22-21-30(36)42-6-2)23-26-17-19-28(20-18-26)27-14-11-10-12-15-27/h10-12,14-15,17-20,25,29,33H,5-9,13,16,21-24H2,1-4H3,(H,34,38)(H2,39,40,41)/t29-,33?/m0/s1. The molecule has 0 radical (unpaired) electrons. The first-order chi connectivity index (χ1) is 20.9. The van der Waals surface area contributed by atoms with Gasteiger partial charge in [-0.25, -0.2) is 4.90 Å². The fourth-order valence-corrected chi connectivity index (χ4v) is 5.69. The van der Waals surface area contributed by atoms with Crippen molar-refractivity contribution in [1.82, 2.24) is 10.2 Å². The largest absolute Gasteiger partial charge is 0.466 e. The minimum Gasteiger partial charge on any atom is -0.466 e. The van der Waals surface area contributed by atoms with Gasteiger partial charge in [-0.1, -0.05) is 101 Å². The molecule has 1 unspecified atom stereocenters. The van der Waals surface area contributed by atoms with Crippen LogP contribution in [0.3, 0.4) is 0 Å². The van der Waals surface area contributed by atoms with Crippen LogP contribution in [0.5, 0.6) is 0 Å². The van der Waals surface area contributed by atoms with E-state index in [0.29, 0.717) is 6.42 Å². The van der Waals surface area contributed by atoms with Crippen molar-refractivity contribution in [3.05, 3.63) is 60.2 Å². The number of esters is 2. The van der Waals surface area contributed by atoms with E-state index in [-0.39, 0.29) is 38.3 Å². The molecular weight excluding hydrogens is 583 g/mol. The van der Waals surface area contributed by atoms with Gasteiger partial charge in [0.25, 0.3) is 0 Å². The number of unbranched alkanes of at least 4 members (excludes halogenated alkanes) is 4. The van der Waals surface area contributed by atoms with Crippen LogP contribution < -0.4 is 5.32 Å². The maximum Gasteiger partial charge on any atom is 0.339 e. The van der Waals surface area contributed by atoms with Crippen LogP contribution in [-0.4, -0.2) is 64.2 Å². The average Bonchev–Trinajstić information content (AvgIpc) is 2.98. The lowest BCUT2D eigenvalue weighted by Crippen LogP contribution is -2.55. The van der Waals surface area contributed by atoms with Gasteiger partial charge in [-0.15, -0.1) is 0 Å². The van der Waals surface area contributed by atoms with Crippen molar-refractivity contribution >= 4 is 25.4 Å². The lowest BCUT2D eigenvalue weighted by Gasteiger charge is -2.38. The van der Waals surface area contributed by atoms with Gasteiger partial charge >= 0.3 is 19.5 Å². The maximum atomic E-state index is 13.7. The topological polar surface area (TPSA) is 142 Å². The van der Waals surface area contributed by atoms with Gasteiger partial charge in [0.05, 0.1) is 19.1 Å². The summed E-state index contributed by atoms with van der Waals surface area (Å²) in [6.07, 6.45) is 3.03. The van der Waals surface area contributed by atoms with E-state index in [4.69, 9.17) is 9.47 Å². The van der Waals surface area contributed by atoms with Crippen molar-refractivity contribution < 1.29 is 38.2 Å². The minimum absolute atomic E-state index is 0.0191. The Morgan fingerprint density at radius 1 is 0.864 bits per heavy atom. The fraction of sp³-hybridized carbons (Fsp3) is 0.545. The lowest BCUT2D eigenvalue weighted by atomic mass is 9.99. The Morgan fingerprint density at radius 2 is 1.50 bits per heavy atom. The summed E-state index contributed by atoms with van der Waals surface area (Å²) < 4.78 is 23.2. The molecule has 0 bridgehead atoms. The SMILES string of the molecule is CCCCCCCC(=O)OC(C(C)C)N(CP(=O)(O)O)[C@@H](Cc1ccc(-c2ccccc2)cc1)C(=O)NCCC(=O)OCC. The Labute approximate surface area is 261 Å². The number of hydrogen-bond donors (Lipinski definition) is 3. The number of ether oxygens (including phenoxy) is 2. The number of benzene rings is 2. The van der Waals surface area contributed by atoms with E-state index in [2.05, 4.69) is 12.2 Å². The van der Waals surface area contributed by atoms with Gasteiger partial charge in [-0.05, 0) is 36.5 Å². The van der Waals surface area contributed by atoms with Crippen molar-refractivity contribution in [2.24, 2.45) is 5.92 Å². The molecule has 0 aliphatic carbocycles. The van der Waals surface area contributed by atoms with Crippen molar-refractivity contribution in [3.8, 4) is 11.1 Å². The predicted octanol–water partition coefficient (Wildman–Crippen LogP) is 5.66. The van der Waals surface area contributed by atoms with Gasteiger partial charge in [0, 0.05) is 18.9 Å². The molecule has 2 atom stereocenters. The van der Waals surface area contributed by atoms with Crippen molar-refractivity contribution in [1.29, 1.82) is 0 Å². The number of nitrogens with one attached hydrogen (secondary N) is 1. The summed E-state index contributed by atoms with van der Waals surface area (Å²) in [6, 6.07) is 16.3. The molecule has 0 aromatic heterocycles. The Kier molecular flexibility index (Phi) is 16.4. The minimum atomic E-state index is -4.71. The summed E-state index contributed by atoms with van der Waals surface area (Å²) in [5.74, 6) is -1.89. The Hall–Kier alpha value is -3.04. The molecule has 0 saturated carbocycles. The van der Waals surface area contributed by atoms with Gasteiger partial charge in [0.2, 0.25) is 5.91 Å². The predicted molar refractivity (Wildman–Crippen MR) is 170 cm³/mol. The molecule has 0 heterocycles. The second-order valence-corrected chi connectivity index (χ2v) is 12.9. The smallest absolute Gasteiger partial charge is 0.339 e. The third-order valence-electron chi connectivity index (χ3n) is 7.11. The van der Waals surface area contributed by atoms with Crippen LogP contribution in [0.4, 0.5) is 0 Å². The van der Waals surface area contributed by atoms with Gasteiger partial charge in [-0.2, -0.15) is 0 Å². The highest BCUT2D eigenvalue weighted by Gasteiger charge is 2.39.